The molecule has 0 aromatic carbocycles. The summed E-state index contributed by atoms with van der Waals surface area (Å²) in [5.41, 5.74) is 0. The summed E-state index contributed by atoms with van der Waals surface area (Å²) in [5.74, 6) is 0.936. The second-order valence-corrected chi connectivity index (χ2v) is 5.56. The number of hydrogen-bond donors (Lipinski definition) is 1. The fraction of sp³-hybridized carbons (Fsp3) is 1.00. The Morgan fingerprint density at radius 1 is 1.12 bits per heavy atom. The van der Waals surface area contributed by atoms with Gasteiger partial charge >= 0.3 is 0 Å². The van der Waals surface area contributed by atoms with Gasteiger partial charge in [0.05, 0.1) is 0 Å². The van der Waals surface area contributed by atoms with Gasteiger partial charge in [-0.1, -0.05) is 19.8 Å². The Bertz CT molecular complexity index is 191. The summed E-state index contributed by atoms with van der Waals surface area (Å²) in [5, 5.41) is 3.66. The van der Waals surface area contributed by atoms with Gasteiger partial charge in [0.15, 0.2) is 0 Å². The molecule has 2 nitrogen and oxygen atoms in total. The predicted molar refractivity (Wildman–Crippen MR) is 69.7 cm³/mol. The standard InChI is InChI=1S/C14H28N2/c1-2-3-9-15-12-13-7-6-11-16-10-5-4-8-14(13)16/h13-15H,2-12H2,1H3/t13-,14+/m1/s1. The number of piperidine rings is 2. The zero-order valence-corrected chi connectivity index (χ0v) is 10.9. The minimum absolute atomic E-state index is 0.914. The smallest absolute Gasteiger partial charge is 0.0136 e. The maximum Gasteiger partial charge on any atom is 0.0136 e. The molecule has 94 valence electrons. The van der Waals surface area contributed by atoms with E-state index in [0.29, 0.717) is 0 Å². The first-order chi connectivity index (χ1) is 7.92. The third kappa shape index (κ3) is 3.21. The molecule has 2 aliphatic heterocycles. The lowest BCUT2D eigenvalue weighted by Gasteiger charge is -2.44. The van der Waals surface area contributed by atoms with E-state index in [4.69, 9.17) is 0 Å². The highest BCUT2D eigenvalue weighted by Crippen LogP contribution is 2.30. The SMILES string of the molecule is CCCCNC[C@H]1CCCN2CCCC[C@@H]12. The molecule has 16 heavy (non-hydrogen) atoms. The lowest BCUT2D eigenvalue weighted by Crippen LogP contribution is -2.50. The van der Waals surface area contributed by atoms with E-state index >= 15 is 0 Å². The van der Waals surface area contributed by atoms with Gasteiger partial charge in [0.25, 0.3) is 0 Å². The maximum atomic E-state index is 3.66. The molecule has 2 heterocycles. The summed E-state index contributed by atoms with van der Waals surface area (Å²) in [7, 11) is 0. The fourth-order valence-corrected chi connectivity index (χ4v) is 3.40. The number of fused-ring (bicyclic) bond motifs is 1. The number of rotatable bonds is 5. The number of nitrogens with zero attached hydrogens (tertiary/aromatic N) is 1. The molecule has 0 aromatic rings. The highest BCUT2D eigenvalue weighted by Gasteiger charge is 2.32. The first-order valence-corrected chi connectivity index (χ1v) is 7.36. The van der Waals surface area contributed by atoms with Crippen LogP contribution in [-0.4, -0.2) is 37.1 Å². The van der Waals surface area contributed by atoms with Crippen LogP contribution in [0.2, 0.25) is 0 Å². The molecular weight excluding hydrogens is 196 g/mol. The van der Waals surface area contributed by atoms with Crippen molar-refractivity contribution in [1.29, 1.82) is 0 Å². The summed E-state index contributed by atoms with van der Waals surface area (Å²) in [6.07, 6.45) is 9.89. The van der Waals surface area contributed by atoms with E-state index in [1.54, 1.807) is 0 Å². The molecule has 2 atom stereocenters. The second kappa shape index (κ2) is 6.61. The molecule has 2 fully saturated rings. The van der Waals surface area contributed by atoms with Crippen molar-refractivity contribution in [2.45, 2.75) is 57.9 Å². The topological polar surface area (TPSA) is 15.3 Å². The minimum atomic E-state index is 0.914. The molecule has 0 bridgehead atoms. The van der Waals surface area contributed by atoms with E-state index in [0.717, 1.165) is 12.0 Å². The van der Waals surface area contributed by atoms with E-state index in [-0.39, 0.29) is 0 Å². The van der Waals surface area contributed by atoms with Gasteiger partial charge in [-0.3, -0.25) is 0 Å². The van der Waals surface area contributed by atoms with E-state index in [9.17, 15) is 0 Å². The molecule has 0 saturated carbocycles. The third-order valence-corrected chi connectivity index (χ3v) is 4.34. The van der Waals surface area contributed by atoms with E-state index in [1.807, 2.05) is 0 Å². The number of nitrogens with one attached hydrogen (secondary N) is 1. The largest absolute Gasteiger partial charge is 0.316 e. The monoisotopic (exact) mass is 224 g/mol. The van der Waals surface area contributed by atoms with Crippen molar-refractivity contribution in [3.8, 4) is 0 Å². The Morgan fingerprint density at radius 3 is 2.88 bits per heavy atom. The average Bonchev–Trinajstić information content (AvgIpc) is 2.35. The van der Waals surface area contributed by atoms with E-state index in [1.165, 1.54) is 71.1 Å². The summed E-state index contributed by atoms with van der Waals surface area (Å²) in [6, 6.07) is 0.914. The Kier molecular flexibility index (Phi) is 5.11. The predicted octanol–water partition coefficient (Wildman–Crippen LogP) is 2.64. The lowest BCUT2D eigenvalue weighted by molar-refractivity contribution is 0.0595. The van der Waals surface area contributed by atoms with Crippen LogP contribution in [0.25, 0.3) is 0 Å². The summed E-state index contributed by atoms with van der Waals surface area (Å²) in [6.45, 7) is 7.50. The Balaban J connectivity index is 1.74. The second-order valence-electron chi connectivity index (χ2n) is 5.56. The minimum Gasteiger partial charge on any atom is -0.316 e. The van der Waals surface area contributed by atoms with Crippen LogP contribution in [0.5, 0.6) is 0 Å². The van der Waals surface area contributed by atoms with Crippen LogP contribution in [0.15, 0.2) is 0 Å². The molecule has 0 spiro atoms. The van der Waals surface area contributed by atoms with Gasteiger partial charge in [-0.05, 0) is 64.2 Å². The van der Waals surface area contributed by atoms with Gasteiger partial charge in [0.1, 0.15) is 0 Å². The van der Waals surface area contributed by atoms with Crippen LogP contribution >= 0.6 is 0 Å². The molecule has 0 amide bonds. The first-order valence-electron chi connectivity index (χ1n) is 7.36. The Labute approximate surface area is 101 Å². The summed E-state index contributed by atoms with van der Waals surface area (Å²) in [4.78, 5) is 2.76. The highest BCUT2D eigenvalue weighted by atomic mass is 15.2. The van der Waals surface area contributed by atoms with Crippen LogP contribution in [-0.2, 0) is 0 Å². The highest BCUT2D eigenvalue weighted by molar-refractivity contribution is 4.87. The van der Waals surface area contributed by atoms with Gasteiger partial charge in [0.2, 0.25) is 0 Å². The average molecular weight is 224 g/mol. The van der Waals surface area contributed by atoms with Crippen molar-refractivity contribution < 1.29 is 0 Å². The van der Waals surface area contributed by atoms with E-state index in [2.05, 4.69) is 17.1 Å². The molecule has 0 radical (unpaired) electrons. The van der Waals surface area contributed by atoms with Crippen LogP contribution in [0.1, 0.15) is 51.9 Å². The van der Waals surface area contributed by atoms with Gasteiger partial charge < -0.3 is 10.2 Å². The quantitative estimate of drug-likeness (QED) is 0.722. The molecular formula is C14H28N2. The van der Waals surface area contributed by atoms with Gasteiger partial charge in [-0.25, -0.2) is 0 Å². The summed E-state index contributed by atoms with van der Waals surface area (Å²) < 4.78 is 0. The van der Waals surface area contributed by atoms with Crippen LogP contribution in [0, 0.1) is 5.92 Å². The molecule has 2 rings (SSSR count). The van der Waals surface area contributed by atoms with E-state index < -0.39 is 0 Å². The molecule has 0 aromatic heterocycles. The third-order valence-electron chi connectivity index (χ3n) is 4.34. The van der Waals surface area contributed by atoms with Gasteiger partial charge in [0, 0.05) is 6.04 Å². The van der Waals surface area contributed by atoms with Crippen molar-refractivity contribution in [2.24, 2.45) is 5.92 Å². The zero-order valence-electron chi connectivity index (χ0n) is 10.9. The van der Waals surface area contributed by atoms with Crippen LogP contribution < -0.4 is 5.32 Å². The molecule has 1 N–H and O–H groups in total. The molecule has 0 unspecified atom stereocenters. The molecule has 2 saturated heterocycles. The number of hydrogen-bond acceptors (Lipinski definition) is 2. The van der Waals surface area contributed by atoms with Gasteiger partial charge in [-0.15, -0.1) is 0 Å². The molecule has 2 heteroatoms. The Hall–Kier alpha value is -0.0800. The summed E-state index contributed by atoms with van der Waals surface area (Å²) >= 11 is 0. The fourth-order valence-electron chi connectivity index (χ4n) is 3.40. The maximum absolute atomic E-state index is 3.66. The zero-order chi connectivity index (χ0) is 11.2. The van der Waals surface area contributed by atoms with Crippen LogP contribution in [0.4, 0.5) is 0 Å². The van der Waals surface area contributed by atoms with Gasteiger partial charge in [-0.2, -0.15) is 0 Å². The first kappa shape index (κ1) is 12.4. The number of unbranched alkanes of at least 4 members (excludes halogenated alkanes) is 1. The Morgan fingerprint density at radius 2 is 2.00 bits per heavy atom. The van der Waals surface area contributed by atoms with Crippen molar-refractivity contribution in [2.75, 3.05) is 26.2 Å². The molecule has 2 aliphatic rings. The lowest BCUT2D eigenvalue weighted by atomic mass is 9.83. The molecule has 0 aliphatic carbocycles. The van der Waals surface area contributed by atoms with Crippen molar-refractivity contribution in [3.63, 3.8) is 0 Å². The van der Waals surface area contributed by atoms with Crippen molar-refractivity contribution >= 4 is 0 Å². The van der Waals surface area contributed by atoms with Crippen LogP contribution in [0.3, 0.4) is 0 Å². The van der Waals surface area contributed by atoms with Crippen molar-refractivity contribution in [3.05, 3.63) is 0 Å². The normalized spacial score (nSPS) is 31.3. The van der Waals surface area contributed by atoms with Crippen molar-refractivity contribution in [1.82, 2.24) is 10.2 Å².